The molecule has 142 valence electrons. The van der Waals surface area contributed by atoms with Crippen LogP contribution in [0.15, 0.2) is 72.8 Å². The summed E-state index contributed by atoms with van der Waals surface area (Å²) in [6.07, 6.45) is 2.17. The van der Waals surface area contributed by atoms with Crippen molar-refractivity contribution in [3.05, 3.63) is 89.5 Å². The summed E-state index contributed by atoms with van der Waals surface area (Å²) in [4.78, 5) is 15.2. The summed E-state index contributed by atoms with van der Waals surface area (Å²) in [6.45, 7) is 2.72. The van der Waals surface area contributed by atoms with Crippen molar-refractivity contribution in [2.75, 3.05) is 7.11 Å². The summed E-state index contributed by atoms with van der Waals surface area (Å²) in [6, 6.07) is 24.7. The van der Waals surface area contributed by atoms with E-state index in [4.69, 9.17) is 4.74 Å². The summed E-state index contributed by atoms with van der Waals surface area (Å²) >= 11 is 0. The minimum Gasteiger partial charge on any atom is -0.497 e. The van der Waals surface area contributed by atoms with E-state index in [-0.39, 0.29) is 5.91 Å². The van der Waals surface area contributed by atoms with Crippen LogP contribution in [0, 0.1) is 6.92 Å². The lowest BCUT2D eigenvalue weighted by Gasteiger charge is -2.23. The average Bonchev–Trinajstić information content (AvgIpc) is 3.58. The number of rotatable bonds is 6. The molecule has 0 atom stereocenters. The van der Waals surface area contributed by atoms with E-state index in [1.807, 2.05) is 53.4 Å². The number of carbonyl (C=O) groups is 1. The largest absolute Gasteiger partial charge is 0.497 e. The maximum Gasteiger partial charge on any atom is 0.254 e. The first-order chi connectivity index (χ1) is 13.6. The third kappa shape index (κ3) is 4.09. The van der Waals surface area contributed by atoms with Crippen LogP contribution in [0.2, 0.25) is 0 Å². The maximum atomic E-state index is 13.1. The Hall–Kier alpha value is -3.07. The zero-order valence-electron chi connectivity index (χ0n) is 16.4. The fourth-order valence-corrected chi connectivity index (χ4v) is 3.40. The minimum atomic E-state index is 0.105. The van der Waals surface area contributed by atoms with Gasteiger partial charge in [0.1, 0.15) is 5.75 Å². The van der Waals surface area contributed by atoms with Gasteiger partial charge in [-0.2, -0.15) is 0 Å². The van der Waals surface area contributed by atoms with Gasteiger partial charge in [0.05, 0.1) is 7.11 Å². The summed E-state index contributed by atoms with van der Waals surface area (Å²) in [5.74, 6) is 0.938. The molecular formula is C25H25NO2. The Morgan fingerprint density at radius 2 is 1.46 bits per heavy atom. The summed E-state index contributed by atoms with van der Waals surface area (Å²) < 4.78 is 5.22. The lowest BCUT2D eigenvalue weighted by atomic mass is 10.0. The van der Waals surface area contributed by atoms with Gasteiger partial charge in [0, 0.05) is 18.2 Å². The molecule has 3 heteroatoms. The van der Waals surface area contributed by atoms with Gasteiger partial charge >= 0.3 is 0 Å². The molecule has 1 aliphatic rings. The highest BCUT2D eigenvalue weighted by Gasteiger charge is 2.33. The van der Waals surface area contributed by atoms with Crippen LogP contribution in [0.25, 0.3) is 11.1 Å². The number of amides is 1. The lowest BCUT2D eigenvalue weighted by Crippen LogP contribution is -2.32. The van der Waals surface area contributed by atoms with Crippen molar-refractivity contribution >= 4 is 5.91 Å². The van der Waals surface area contributed by atoms with Crippen LogP contribution in [0.4, 0.5) is 0 Å². The Morgan fingerprint density at radius 3 is 2.00 bits per heavy atom. The number of carbonyl (C=O) groups excluding carboxylic acids is 1. The van der Waals surface area contributed by atoms with Crippen molar-refractivity contribution in [3.8, 4) is 16.9 Å². The van der Waals surface area contributed by atoms with Gasteiger partial charge in [0.2, 0.25) is 0 Å². The SMILES string of the molecule is COc1ccc(CN(C(=O)c2ccc(-c3ccc(C)cc3)cc2)C2CC2)cc1. The third-order valence-electron chi connectivity index (χ3n) is 5.28. The van der Waals surface area contributed by atoms with Crippen LogP contribution in [0.5, 0.6) is 5.75 Å². The van der Waals surface area contributed by atoms with Gasteiger partial charge in [-0.25, -0.2) is 0 Å². The van der Waals surface area contributed by atoms with Gasteiger partial charge in [-0.1, -0.05) is 54.1 Å². The van der Waals surface area contributed by atoms with Gasteiger partial charge < -0.3 is 9.64 Å². The lowest BCUT2D eigenvalue weighted by molar-refractivity contribution is 0.0730. The number of hydrogen-bond acceptors (Lipinski definition) is 2. The molecule has 0 aliphatic heterocycles. The van der Waals surface area contributed by atoms with E-state index in [1.165, 1.54) is 11.1 Å². The molecule has 1 aliphatic carbocycles. The molecule has 1 fully saturated rings. The molecule has 4 rings (SSSR count). The third-order valence-corrected chi connectivity index (χ3v) is 5.28. The van der Waals surface area contributed by atoms with E-state index < -0.39 is 0 Å². The van der Waals surface area contributed by atoms with Crippen molar-refractivity contribution in [2.45, 2.75) is 32.4 Å². The highest BCUT2D eigenvalue weighted by atomic mass is 16.5. The Labute approximate surface area is 166 Å². The maximum absolute atomic E-state index is 13.1. The number of nitrogens with zero attached hydrogens (tertiary/aromatic N) is 1. The minimum absolute atomic E-state index is 0.105. The van der Waals surface area contributed by atoms with Crippen molar-refractivity contribution in [2.24, 2.45) is 0 Å². The van der Waals surface area contributed by atoms with Crippen LogP contribution in [-0.2, 0) is 6.54 Å². The van der Waals surface area contributed by atoms with E-state index in [2.05, 4.69) is 31.2 Å². The second kappa shape index (κ2) is 7.89. The summed E-state index contributed by atoms with van der Waals surface area (Å²) in [5.41, 5.74) is 5.41. The molecule has 1 saturated carbocycles. The quantitative estimate of drug-likeness (QED) is 0.574. The highest BCUT2D eigenvalue weighted by molar-refractivity contribution is 5.95. The molecule has 0 bridgehead atoms. The van der Waals surface area contributed by atoms with Crippen LogP contribution in [0.3, 0.4) is 0 Å². The van der Waals surface area contributed by atoms with Crippen molar-refractivity contribution in [3.63, 3.8) is 0 Å². The van der Waals surface area contributed by atoms with Gasteiger partial charge in [0.15, 0.2) is 0 Å². The molecular weight excluding hydrogens is 346 g/mol. The number of aryl methyl sites for hydroxylation is 1. The monoisotopic (exact) mass is 371 g/mol. The fourth-order valence-electron chi connectivity index (χ4n) is 3.40. The standard InChI is InChI=1S/C25H25NO2/c1-18-3-7-20(8-4-18)21-9-11-22(12-10-21)25(27)26(23-13-14-23)17-19-5-15-24(28-2)16-6-19/h3-12,15-16,23H,13-14,17H2,1-2H3. The molecule has 28 heavy (non-hydrogen) atoms. The zero-order chi connectivity index (χ0) is 19.5. The predicted octanol–water partition coefficient (Wildman–Crippen LogP) is 5.48. The Morgan fingerprint density at radius 1 is 0.893 bits per heavy atom. The second-order valence-corrected chi connectivity index (χ2v) is 7.46. The molecule has 0 saturated heterocycles. The van der Waals surface area contributed by atoms with E-state index in [0.29, 0.717) is 12.6 Å². The highest BCUT2D eigenvalue weighted by Crippen LogP contribution is 2.30. The molecule has 0 unspecified atom stereocenters. The summed E-state index contributed by atoms with van der Waals surface area (Å²) in [7, 11) is 1.66. The van der Waals surface area contributed by atoms with Crippen molar-refractivity contribution in [1.29, 1.82) is 0 Å². The van der Waals surface area contributed by atoms with Gasteiger partial charge in [-0.3, -0.25) is 4.79 Å². The molecule has 3 aromatic rings. The van der Waals surface area contributed by atoms with Crippen molar-refractivity contribution < 1.29 is 9.53 Å². The van der Waals surface area contributed by atoms with E-state index in [1.54, 1.807) is 7.11 Å². The Kier molecular flexibility index (Phi) is 5.16. The number of ether oxygens (including phenoxy) is 1. The molecule has 0 radical (unpaired) electrons. The first-order valence-electron chi connectivity index (χ1n) is 9.75. The van der Waals surface area contributed by atoms with Crippen molar-refractivity contribution in [1.82, 2.24) is 4.90 Å². The number of benzene rings is 3. The van der Waals surface area contributed by atoms with Crippen LogP contribution in [-0.4, -0.2) is 24.0 Å². The van der Waals surface area contributed by atoms with E-state index in [9.17, 15) is 4.79 Å². The smallest absolute Gasteiger partial charge is 0.254 e. The molecule has 0 aromatic heterocycles. The first kappa shape index (κ1) is 18.3. The van der Waals surface area contributed by atoms with Crippen LogP contribution in [0.1, 0.15) is 34.3 Å². The molecule has 3 nitrogen and oxygen atoms in total. The Bertz CT molecular complexity index is 939. The average molecular weight is 371 g/mol. The van der Waals surface area contributed by atoms with Gasteiger partial charge in [0.25, 0.3) is 5.91 Å². The fraction of sp³-hybridized carbons (Fsp3) is 0.240. The molecule has 0 heterocycles. The van der Waals surface area contributed by atoms with Gasteiger partial charge in [-0.15, -0.1) is 0 Å². The van der Waals surface area contributed by atoms with Crippen LogP contribution < -0.4 is 4.74 Å². The molecule has 1 amide bonds. The number of hydrogen-bond donors (Lipinski definition) is 0. The van der Waals surface area contributed by atoms with Gasteiger partial charge in [-0.05, 0) is 60.7 Å². The first-order valence-corrected chi connectivity index (χ1v) is 9.75. The van der Waals surface area contributed by atoms with Crippen LogP contribution >= 0.6 is 0 Å². The van der Waals surface area contributed by atoms with E-state index in [0.717, 1.165) is 35.3 Å². The second-order valence-electron chi connectivity index (χ2n) is 7.46. The van der Waals surface area contributed by atoms with E-state index >= 15 is 0 Å². The predicted molar refractivity (Wildman–Crippen MR) is 113 cm³/mol. The molecule has 0 N–H and O–H groups in total. The zero-order valence-corrected chi connectivity index (χ0v) is 16.4. The topological polar surface area (TPSA) is 29.5 Å². The molecule has 0 spiro atoms. The normalized spacial score (nSPS) is 13.2. The molecule has 3 aromatic carbocycles. The Balaban J connectivity index is 1.51. The number of methoxy groups -OCH3 is 1. The summed E-state index contributed by atoms with van der Waals surface area (Å²) in [5, 5.41) is 0.